The molecule has 2 heteroatoms. The van der Waals surface area contributed by atoms with Crippen LogP contribution in [0, 0.1) is 6.92 Å². The van der Waals surface area contributed by atoms with Crippen LogP contribution in [0.4, 0.5) is 0 Å². The van der Waals surface area contributed by atoms with Crippen molar-refractivity contribution < 1.29 is 4.79 Å². The van der Waals surface area contributed by atoms with Crippen molar-refractivity contribution >= 4 is 5.91 Å². The van der Waals surface area contributed by atoms with E-state index in [2.05, 4.69) is 92.1 Å². The first kappa shape index (κ1) is 24.9. The van der Waals surface area contributed by atoms with Crippen molar-refractivity contribution in [2.45, 2.75) is 64.7 Å². The Bertz CT molecular complexity index is 506. The largest absolute Gasteiger partial charge is 0.356 e. The minimum atomic E-state index is 0.109. The number of hydrogen-bond donors (Lipinski definition) is 1. The highest BCUT2D eigenvalue weighted by Gasteiger charge is 1.96. The molecule has 0 bridgehead atoms. The molecule has 0 rings (SSSR count). The molecule has 0 atom stereocenters. The minimum Gasteiger partial charge on any atom is -0.356 e. The zero-order chi connectivity index (χ0) is 19.8. The second-order valence-corrected chi connectivity index (χ2v) is 6.16. The van der Waals surface area contributed by atoms with Crippen molar-refractivity contribution in [2.24, 2.45) is 0 Å². The first-order valence-corrected chi connectivity index (χ1v) is 10.3. The third-order valence-corrected chi connectivity index (χ3v) is 3.63. The van der Waals surface area contributed by atoms with Gasteiger partial charge in [0.15, 0.2) is 0 Å². The van der Waals surface area contributed by atoms with Gasteiger partial charge in [-0.2, -0.15) is 0 Å². The number of amides is 1. The highest BCUT2D eigenvalue weighted by atomic mass is 16.1. The molecule has 0 aromatic heterocycles. The summed E-state index contributed by atoms with van der Waals surface area (Å²) in [5.41, 5.74) is 0. The first-order chi connectivity index (χ1) is 13.3. The van der Waals surface area contributed by atoms with Gasteiger partial charge in [-0.1, -0.05) is 86.8 Å². The molecular formula is C25H38NO. The molecule has 2 nitrogen and oxygen atoms in total. The van der Waals surface area contributed by atoms with Crippen LogP contribution in [-0.4, -0.2) is 12.5 Å². The van der Waals surface area contributed by atoms with Crippen molar-refractivity contribution in [3.05, 3.63) is 79.8 Å². The van der Waals surface area contributed by atoms with Crippen LogP contribution in [0.25, 0.3) is 0 Å². The predicted molar refractivity (Wildman–Crippen MR) is 120 cm³/mol. The van der Waals surface area contributed by atoms with Crippen molar-refractivity contribution in [1.82, 2.24) is 5.32 Å². The molecule has 0 spiro atoms. The molecule has 0 fully saturated rings. The Kier molecular flexibility index (Phi) is 20.3. The molecule has 0 saturated heterocycles. The van der Waals surface area contributed by atoms with Gasteiger partial charge in [0.05, 0.1) is 0 Å². The SMILES string of the molecule is [CH2]CCNC(=O)CC/C=C\C/C=C\C/C=C\C/C=C\C/C=C\C/C=C\CC. The maximum absolute atomic E-state index is 11.4. The molecule has 1 radical (unpaired) electrons. The Hall–Kier alpha value is -2.09. The van der Waals surface area contributed by atoms with Crippen LogP contribution in [0.2, 0.25) is 0 Å². The van der Waals surface area contributed by atoms with Gasteiger partial charge in [-0.25, -0.2) is 0 Å². The van der Waals surface area contributed by atoms with E-state index in [1.165, 1.54) is 0 Å². The zero-order valence-corrected chi connectivity index (χ0v) is 17.1. The second kappa shape index (κ2) is 22.0. The van der Waals surface area contributed by atoms with Crippen LogP contribution in [-0.2, 0) is 4.79 Å². The molecule has 0 unspecified atom stereocenters. The van der Waals surface area contributed by atoms with Gasteiger partial charge >= 0.3 is 0 Å². The Morgan fingerprint density at radius 3 is 1.52 bits per heavy atom. The summed E-state index contributed by atoms with van der Waals surface area (Å²) in [5, 5.41) is 2.82. The summed E-state index contributed by atoms with van der Waals surface area (Å²) in [6.45, 7) is 6.52. The molecule has 0 aromatic rings. The third kappa shape index (κ3) is 21.9. The molecule has 0 aliphatic carbocycles. The summed E-state index contributed by atoms with van der Waals surface area (Å²) in [5.74, 6) is 0.109. The normalized spacial score (nSPS) is 12.8. The summed E-state index contributed by atoms with van der Waals surface area (Å²) in [6.07, 6.45) is 34.3. The fraction of sp³-hybridized carbons (Fsp3) is 0.440. The van der Waals surface area contributed by atoms with Gasteiger partial charge in [0.2, 0.25) is 5.91 Å². The van der Waals surface area contributed by atoms with Gasteiger partial charge in [-0.15, -0.1) is 0 Å². The standard InChI is InChI=1S/C25H38NO/c1-3-5-6-7-8-9-10-11-12-13-14-15-16-17-18-19-20-21-22-23-25(27)26-24-4-2/h5-6,8-9,11-12,14-15,17-18,20-21H,2-4,7,10,13,16,19,22-24H2,1H3,(H,26,27)/b6-5-,9-8-,12-11-,15-14-,18-17-,21-20-. The summed E-state index contributed by atoms with van der Waals surface area (Å²) < 4.78 is 0. The lowest BCUT2D eigenvalue weighted by atomic mass is 10.2. The number of carbonyl (C=O) groups excluding carboxylic acids is 1. The van der Waals surface area contributed by atoms with Crippen LogP contribution in [0.1, 0.15) is 64.7 Å². The molecule has 1 N–H and O–H groups in total. The lowest BCUT2D eigenvalue weighted by Crippen LogP contribution is -2.23. The summed E-state index contributed by atoms with van der Waals surface area (Å²) in [6, 6.07) is 0. The summed E-state index contributed by atoms with van der Waals surface area (Å²) in [7, 11) is 0. The van der Waals surface area contributed by atoms with E-state index >= 15 is 0 Å². The average Bonchev–Trinajstić information content (AvgIpc) is 2.68. The highest BCUT2D eigenvalue weighted by Crippen LogP contribution is 1.97. The highest BCUT2D eigenvalue weighted by molar-refractivity contribution is 5.75. The number of allylic oxidation sites excluding steroid dienone is 12. The van der Waals surface area contributed by atoms with E-state index in [0.717, 1.165) is 51.4 Å². The molecule has 0 aliphatic rings. The number of carbonyl (C=O) groups is 1. The molecule has 149 valence electrons. The van der Waals surface area contributed by atoms with Crippen LogP contribution in [0.3, 0.4) is 0 Å². The molecular weight excluding hydrogens is 330 g/mol. The molecule has 0 aromatic carbocycles. The second-order valence-electron chi connectivity index (χ2n) is 6.16. The fourth-order valence-corrected chi connectivity index (χ4v) is 2.17. The van der Waals surface area contributed by atoms with Crippen molar-refractivity contribution in [3.63, 3.8) is 0 Å². The van der Waals surface area contributed by atoms with E-state index in [9.17, 15) is 4.79 Å². The number of nitrogens with one attached hydrogen (secondary N) is 1. The topological polar surface area (TPSA) is 29.1 Å². The Balaban J connectivity index is 3.54. The van der Waals surface area contributed by atoms with Crippen LogP contribution in [0.15, 0.2) is 72.9 Å². The van der Waals surface area contributed by atoms with E-state index in [0.29, 0.717) is 13.0 Å². The third-order valence-electron chi connectivity index (χ3n) is 3.63. The Labute approximate surface area is 167 Å². The molecule has 1 amide bonds. The van der Waals surface area contributed by atoms with Crippen LogP contribution < -0.4 is 5.32 Å². The van der Waals surface area contributed by atoms with Gasteiger partial charge in [-0.3, -0.25) is 4.79 Å². The van der Waals surface area contributed by atoms with Crippen molar-refractivity contribution in [3.8, 4) is 0 Å². The first-order valence-electron chi connectivity index (χ1n) is 10.3. The van der Waals surface area contributed by atoms with E-state index in [1.54, 1.807) is 0 Å². The minimum absolute atomic E-state index is 0.109. The number of rotatable bonds is 16. The quantitative estimate of drug-likeness (QED) is 0.298. The zero-order valence-electron chi connectivity index (χ0n) is 17.1. The van der Waals surface area contributed by atoms with Gasteiger partial charge < -0.3 is 5.32 Å². The summed E-state index contributed by atoms with van der Waals surface area (Å²) >= 11 is 0. The van der Waals surface area contributed by atoms with Crippen molar-refractivity contribution in [2.75, 3.05) is 6.54 Å². The molecule has 27 heavy (non-hydrogen) atoms. The molecule has 0 heterocycles. The molecule has 0 saturated carbocycles. The Morgan fingerprint density at radius 1 is 0.704 bits per heavy atom. The average molecular weight is 369 g/mol. The van der Waals surface area contributed by atoms with E-state index in [1.807, 2.05) is 0 Å². The van der Waals surface area contributed by atoms with Crippen LogP contribution >= 0.6 is 0 Å². The van der Waals surface area contributed by atoms with E-state index in [4.69, 9.17) is 0 Å². The van der Waals surface area contributed by atoms with E-state index < -0.39 is 0 Å². The van der Waals surface area contributed by atoms with Gasteiger partial charge in [0, 0.05) is 13.0 Å². The molecule has 0 aliphatic heterocycles. The lowest BCUT2D eigenvalue weighted by Gasteiger charge is -2.00. The lowest BCUT2D eigenvalue weighted by molar-refractivity contribution is -0.120. The van der Waals surface area contributed by atoms with Crippen molar-refractivity contribution in [1.29, 1.82) is 0 Å². The smallest absolute Gasteiger partial charge is 0.220 e. The maximum atomic E-state index is 11.4. The monoisotopic (exact) mass is 368 g/mol. The maximum Gasteiger partial charge on any atom is 0.220 e. The van der Waals surface area contributed by atoms with E-state index in [-0.39, 0.29) is 5.91 Å². The fourth-order valence-electron chi connectivity index (χ4n) is 2.17. The van der Waals surface area contributed by atoms with Gasteiger partial charge in [0.1, 0.15) is 0 Å². The van der Waals surface area contributed by atoms with Gasteiger partial charge in [0.25, 0.3) is 0 Å². The van der Waals surface area contributed by atoms with Gasteiger partial charge in [-0.05, 0) is 51.4 Å². The summed E-state index contributed by atoms with van der Waals surface area (Å²) in [4.78, 5) is 11.4. The van der Waals surface area contributed by atoms with Crippen LogP contribution in [0.5, 0.6) is 0 Å². The Morgan fingerprint density at radius 2 is 1.11 bits per heavy atom. The number of hydrogen-bond acceptors (Lipinski definition) is 1. The predicted octanol–water partition coefficient (Wildman–Crippen LogP) is 6.80.